The highest BCUT2D eigenvalue weighted by molar-refractivity contribution is 5.92. The monoisotopic (exact) mass is 303 g/mol. The van der Waals surface area contributed by atoms with E-state index in [9.17, 15) is 4.79 Å². The van der Waals surface area contributed by atoms with Crippen LogP contribution in [0.15, 0.2) is 34.8 Å². The number of morpholine rings is 1. The maximum Gasteiger partial charge on any atom is 0.336 e. The van der Waals surface area contributed by atoms with Crippen LogP contribution < -0.4 is 0 Å². The van der Waals surface area contributed by atoms with Gasteiger partial charge in [-0.2, -0.15) is 0 Å². The Kier molecular flexibility index (Phi) is 5.36. The molecule has 0 amide bonds. The summed E-state index contributed by atoms with van der Waals surface area (Å²) in [5.41, 5.74) is 2.58. The molecule has 1 fully saturated rings. The highest BCUT2D eigenvalue weighted by atomic mass is 16.5. The summed E-state index contributed by atoms with van der Waals surface area (Å²) in [6.45, 7) is 16.2. The molecule has 0 aromatic rings. The summed E-state index contributed by atoms with van der Waals surface area (Å²) in [5.74, 6) is -0.569. The molecular weight excluding hydrogens is 282 g/mol. The SMILES string of the molecule is [C-]#[N+]C(C(=O)OCC)=C1C=C(C)N(N2CCOCC2)C(C)=C1. The molecule has 0 bridgehead atoms. The number of carbonyl (C=O) groups is 1. The van der Waals surface area contributed by atoms with Crippen LogP contribution in [0.5, 0.6) is 0 Å². The van der Waals surface area contributed by atoms with E-state index in [-0.39, 0.29) is 12.3 Å². The number of nitrogens with zero attached hydrogens (tertiary/aromatic N) is 3. The second kappa shape index (κ2) is 7.25. The lowest BCUT2D eigenvalue weighted by atomic mass is 10.1. The normalized spacial score (nSPS) is 19.2. The summed E-state index contributed by atoms with van der Waals surface area (Å²) in [4.78, 5) is 15.2. The molecule has 118 valence electrons. The van der Waals surface area contributed by atoms with Crippen molar-refractivity contribution < 1.29 is 14.3 Å². The minimum atomic E-state index is -0.569. The first-order valence-corrected chi connectivity index (χ1v) is 7.36. The molecule has 0 atom stereocenters. The average Bonchev–Trinajstić information content (AvgIpc) is 2.48. The van der Waals surface area contributed by atoms with Gasteiger partial charge in [-0.3, -0.25) is 9.80 Å². The summed E-state index contributed by atoms with van der Waals surface area (Å²) < 4.78 is 10.3. The van der Waals surface area contributed by atoms with Crippen LogP contribution in [0.2, 0.25) is 0 Å². The minimum absolute atomic E-state index is 0.0298. The van der Waals surface area contributed by atoms with E-state index in [0.717, 1.165) is 24.5 Å². The van der Waals surface area contributed by atoms with Gasteiger partial charge in [0.05, 0.1) is 26.4 Å². The summed E-state index contributed by atoms with van der Waals surface area (Å²) >= 11 is 0. The molecule has 1 saturated heterocycles. The molecule has 0 aromatic carbocycles. The van der Waals surface area contributed by atoms with Crippen molar-refractivity contribution in [2.75, 3.05) is 32.9 Å². The summed E-state index contributed by atoms with van der Waals surface area (Å²) in [6, 6.07) is 0. The van der Waals surface area contributed by atoms with Crippen molar-refractivity contribution in [3.8, 4) is 0 Å². The van der Waals surface area contributed by atoms with Crippen molar-refractivity contribution in [3.05, 3.63) is 46.2 Å². The first-order chi connectivity index (χ1) is 10.6. The number of hydrogen-bond acceptors (Lipinski definition) is 5. The number of rotatable bonds is 3. The summed E-state index contributed by atoms with van der Waals surface area (Å²) in [5, 5.41) is 4.32. The van der Waals surface area contributed by atoms with Gasteiger partial charge in [-0.15, -0.1) is 0 Å². The molecule has 6 nitrogen and oxygen atoms in total. The molecule has 2 aliphatic rings. The van der Waals surface area contributed by atoms with E-state index >= 15 is 0 Å². The summed E-state index contributed by atoms with van der Waals surface area (Å²) in [6.07, 6.45) is 3.71. The molecule has 0 saturated carbocycles. The second-order valence-electron chi connectivity index (χ2n) is 5.09. The van der Waals surface area contributed by atoms with Crippen molar-refractivity contribution in [3.63, 3.8) is 0 Å². The lowest BCUT2D eigenvalue weighted by Gasteiger charge is -2.41. The van der Waals surface area contributed by atoms with E-state index in [1.54, 1.807) is 6.92 Å². The molecule has 0 aromatic heterocycles. The molecule has 6 heteroatoms. The van der Waals surface area contributed by atoms with E-state index in [1.807, 2.05) is 26.0 Å². The van der Waals surface area contributed by atoms with Crippen molar-refractivity contribution in [1.82, 2.24) is 10.0 Å². The molecule has 0 radical (unpaired) electrons. The maximum absolute atomic E-state index is 11.9. The highest BCUT2D eigenvalue weighted by Gasteiger charge is 2.25. The lowest BCUT2D eigenvalue weighted by molar-refractivity contribution is -0.138. The van der Waals surface area contributed by atoms with E-state index in [1.165, 1.54) is 0 Å². The molecular formula is C16H21N3O3. The zero-order valence-corrected chi connectivity index (χ0v) is 13.3. The van der Waals surface area contributed by atoms with Gasteiger partial charge in [-0.25, -0.2) is 9.85 Å². The Morgan fingerprint density at radius 3 is 2.41 bits per heavy atom. The van der Waals surface area contributed by atoms with Crippen LogP contribution in [0, 0.1) is 6.57 Å². The van der Waals surface area contributed by atoms with Crippen LogP contribution in [0.1, 0.15) is 20.8 Å². The maximum atomic E-state index is 11.9. The Balaban J connectivity index is 2.30. The van der Waals surface area contributed by atoms with Crippen molar-refractivity contribution in [2.45, 2.75) is 20.8 Å². The third kappa shape index (κ3) is 3.38. The number of carbonyl (C=O) groups excluding carboxylic acids is 1. The highest BCUT2D eigenvalue weighted by Crippen LogP contribution is 2.27. The van der Waals surface area contributed by atoms with Crippen molar-refractivity contribution in [2.24, 2.45) is 0 Å². The summed E-state index contributed by atoms with van der Waals surface area (Å²) in [7, 11) is 0. The molecule has 22 heavy (non-hydrogen) atoms. The third-order valence-corrected chi connectivity index (χ3v) is 3.52. The number of hydrogen-bond donors (Lipinski definition) is 0. The fraction of sp³-hybridized carbons (Fsp3) is 0.500. The van der Waals surface area contributed by atoms with Crippen LogP contribution in [0.3, 0.4) is 0 Å². The van der Waals surface area contributed by atoms with E-state index in [0.29, 0.717) is 18.8 Å². The molecule has 2 heterocycles. The Morgan fingerprint density at radius 1 is 1.32 bits per heavy atom. The Labute approximate surface area is 131 Å². The lowest BCUT2D eigenvalue weighted by Crippen LogP contribution is -2.47. The van der Waals surface area contributed by atoms with Crippen molar-refractivity contribution >= 4 is 5.97 Å². The first kappa shape index (κ1) is 16.3. The second-order valence-corrected chi connectivity index (χ2v) is 5.09. The Morgan fingerprint density at radius 2 is 1.91 bits per heavy atom. The molecule has 0 spiro atoms. The van der Waals surface area contributed by atoms with E-state index in [4.69, 9.17) is 16.0 Å². The van der Waals surface area contributed by atoms with Crippen LogP contribution in [-0.2, 0) is 14.3 Å². The van der Waals surface area contributed by atoms with Gasteiger partial charge in [0.1, 0.15) is 0 Å². The van der Waals surface area contributed by atoms with E-state index < -0.39 is 5.97 Å². The van der Waals surface area contributed by atoms with E-state index in [2.05, 4.69) is 14.9 Å². The fourth-order valence-corrected chi connectivity index (χ4v) is 2.66. The van der Waals surface area contributed by atoms with Gasteiger partial charge in [-0.05, 0) is 38.5 Å². The van der Waals surface area contributed by atoms with Gasteiger partial charge in [0.2, 0.25) is 0 Å². The third-order valence-electron chi connectivity index (χ3n) is 3.52. The van der Waals surface area contributed by atoms with Crippen LogP contribution in [-0.4, -0.2) is 48.9 Å². The Hall–Kier alpha value is -2.10. The van der Waals surface area contributed by atoms with Gasteiger partial charge >= 0.3 is 5.97 Å². The smallest absolute Gasteiger partial charge is 0.336 e. The van der Waals surface area contributed by atoms with Gasteiger partial charge in [0, 0.05) is 24.5 Å². The molecule has 0 N–H and O–H groups in total. The number of allylic oxidation sites excluding steroid dienone is 5. The quantitative estimate of drug-likeness (QED) is 0.454. The fourth-order valence-electron chi connectivity index (χ4n) is 2.66. The van der Waals surface area contributed by atoms with Gasteiger partial charge in [0.15, 0.2) is 0 Å². The van der Waals surface area contributed by atoms with Gasteiger partial charge in [-0.1, -0.05) is 0 Å². The first-order valence-electron chi connectivity index (χ1n) is 7.36. The topological polar surface area (TPSA) is 46.4 Å². The van der Waals surface area contributed by atoms with Crippen molar-refractivity contribution in [1.29, 1.82) is 0 Å². The number of ether oxygens (including phenoxy) is 2. The average molecular weight is 303 g/mol. The molecule has 2 rings (SSSR count). The van der Waals surface area contributed by atoms with Crippen LogP contribution in [0.4, 0.5) is 0 Å². The molecule has 0 unspecified atom stereocenters. The van der Waals surface area contributed by atoms with Crippen LogP contribution in [0.25, 0.3) is 4.85 Å². The molecule has 2 aliphatic heterocycles. The predicted octanol–water partition coefficient (Wildman–Crippen LogP) is 2.09. The van der Waals surface area contributed by atoms with Gasteiger partial charge < -0.3 is 9.47 Å². The predicted molar refractivity (Wildman–Crippen MR) is 82.0 cm³/mol. The molecule has 0 aliphatic carbocycles. The largest absolute Gasteiger partial charge is 0.471 e. The number of esters is 1. The minimum Gasteiger partial charge on any atom is -0.471 e. The zero-order chi connectivity index (χ0) is 16.1. The standard InChI is InChI=1S/C16H21N3O3/c1-5-22-16(20)15(17-4)14-10-12(2)19(13(3)11-14)18-6-8-21-9-7-18/h10-11H,5-9H2,1-3H3. The Bertz CT molecular complexity index is 556. The zero-order valence-electron chi connectivity index (χ0n) is 13.3. The number of hydrazine groups is 1. The van der Waals surface area contributed by atoms with Crippen LogP contribution >= 0.6 is 0 Å². The van der Waals surface area contributed by atoms with Gasteiger partial charge in [0.25, 0.3) is 5.70 Å².